The lowest BCUT2D eigenvalue weighted by molar-refractivity contribution is 0.0730. The van der Waals surface area contributed by atoms with Crippen molar-refractivity contribution >= 4 is 23.1 Å². The first-order valence-corrected chi connectivity index (χ1v) is 5.85. The van der Waals surface area contributed by atoms with Gasteiger partial charge in [0.2, 0.25) is 0 Å². The molecule has 1 aromatic heterocycles. The zero-order chi connectivity index (χ0) is 13.0. The summed E-state index contributed by atoms with van der Waals surface area (Å²) in [5.41, 5.74) is 6.73. The Hall–Kier alpha value is -1.49. The fourth-order valence-electron chi connectivity index (χ4n) is 1.47. The van der Waals surface area contributed by atoms with Crippen molar-refractivity contribution in [1.29, 1.82) is 0 Å². The first-order valence-electron chi connectivity index (χ1n) is 5.44. The molecule has 17 heavy (non-hydrogen) atoms. The number of carbonyl (C=O) groups is 1. The van der Waals surface area contributed by atoms with Gasteiger partial charge < -0.3 is 10.6 Å². The molecule has 0 aliphatic carbocycles. The highest BCUT2D eigenvalue weighted by Crippen LogP contribution is 2.07. The molecule has 4 nitrogen and oxygen atoms in total. The van der Waals surface area contributed by atoms with E-state index in [1.165, 1.54) is 0 Å². The highest BCUT2D eigenvalue weighted by molar-refractivity contribution is 7.80. The normalized spacial score (nSPS) is 10.4. The minimum absolute atomic E-state index is 0.0336. The van der Waals surface area contributed by atoms with Gasteiger partial charge in [-0.05, 0) is 32.9 Å². The van der Waals surface area contributed by atoms with Gasteiger partial charge in [-0.3, -0.25) is 4.79 Å². The number of pyridine rings is 1. The summed E-state index contributed by atoms with van der Waals surface area (Å²) in [6.07, 6.45) is 0. The summed E-state index contributed by atoms with van der Waals surface area (Å²) in [5.74, 6) is -0.142. The average Bonchev–Trinajstić information content (AvgIpc) is 2.24. The third kappa shape index (κ3) is 3.78. The van der Waals surface area contributed by atoms with Gasteiger partial charge in [0.15, 0.2) is 0 Å². The number of thiocarbonyl (C=S) groups is 1. The number of rotatable bonds is 4. The monoisotopic (exact) mass is 251 g/mol. The molecular weight excluding hydrogens is 234 g/mol. The van der Waals surface area contributed by atoms with Crippen LogP contribution in [0.15, 0.2) is 18.2 Å². The molecule has 1 aromatic rings. The van der Waals surface area contributed by atoms with Crippen LogP contribution in [0.4, 0.5) is 0 Å². The molecule has 0 saturated heterocycles. The lowest BCUT2D eigenvalue weighted by atomic mass is 10.2. The summed E-state index contributed by atoms with van der Waals surface area (Å²) in [5, 5.41) is 0. The predicted octanol–water partition coefficient (Wildman–Crippen LogP) is 1.53. The summed E-state index contributed by atoms with van der Waals surface area (Å²) >= 11 is 4.85. The van der Waals surface area contributed by atoms with Gasteiger partial charge in [-0.25, -0.2) is 4.98 Å². The van der Waals surface area contributed by atoms with Gasteiger partial charge in [-0.1, -0.05) is 18.3 Å². The minimum Gasteiger partial charge on any atom is -0.392 e. The van der Waals surface area contributed by atoms with E-state index < -0.39 is 0 Å². The van der Waals surface area contributed by atoms with Gasteiger partial charge in [-0.15, -0.1) is 0 Å². The number of aromatic nitrogens is 1. The zero-order valence-corrected chi connectivity index (χ0v) is 11.1. The standard InChI is InChI=1S/C12H17N3OS/c1-8(2)15(7-11(13)17)12(16)10-6-4-5-9(3)14-10/h4-6,8H,7H2,1-3H3,(H2,13,17). The third-order valence-corrected chi connectivity index (χ3v) is 2.45. The van der Waals surface area contributed by atoms with Crippen LogP contribution in [0.25, 0.3) is 0 Å². The van der Waals surface area contributed by atoms with E-state index in [2.05, 4.69) is 4.98 Å². The molecular formula is C12H17N3OS. The molecule has 0 bridgehead atoms. The van der Waals surface area contributed by atoms with Crippen LogP contribution in [0.2, 0.25) is 0 Å². The highest BCUT2D eigenvalue weighted by Gasteiger charge is 2.20. The molecule has 0 radical (unpaired) electrons. The first-order chi connectivity index (χ1) is 7.91. The second-order valence-corrected chi connectivity index (χ2v) is 4.68. The summed E-state index contributed by atoms with van der Waals surface area (Å²) in [6.45, 7) is 5.98. The Kier molecular flexibility index (Phi) is 4.57. The predicted molar refractivity (Wildman–Crippen MR) is 71.9 cm³/mol. The van der Waals surface area contributed by atoms with Crippen LogP contribution in [0.3, 0.4) is 0 Å². The first kappa shape index (κ1) is 13.6. The number of carbonyl (C=O) groups excluding carboxylic acids is 1. The summed E-state index contributed by atoms with van der Waals surface area (Å²) < 4.78 is 0. The topological polar surface area (TPSA) is 59.2 Å². The van der Waals surface area contributed by atoms with Crippen LogP contribution >= 0.6 is 12.2 Å². The van der Waals surface area contributed by atoms with Gasteiger partial charge in [0, 0.05) is 11.7 Å². The van der Waals surface area contributed by atoms with Gasteiger partial charge in [0.05, 0.1) is 11.5 Å². The molecule has 0 unspecified atom stereocenters. The highest BCUT2D eigenvalue weighted by atomic mass is 32.1. The molecule has 1 amide bonds. The van der Waals surface area contributed by atoms with Crippen molar-refractivity contribution in [3.63, 3.8) is 0 Å². The summed E-state index contributed by atoms with van der Waals surface area (Å²) in [6, 6.07) is 5.40. The molecule has 2 N–H and O–H groups in total. The number of nitrogens with two attached hydrogens (primary N) is 1. The van der Waals surface area contributed by atoms with Crippen molar-refractivity contribution in [2.75, 3.05) is 6.54 Å². The van der Waals surface area contributed by atoms with Gasteiger partial charge in [0.1, 0.15) is 5.69 Å². The third-order valence-electron chi connectivity index (χ3n) is 2.32. The maximum atomic E-state index is 12.2. The fraction of sp³-hybridized carbons (Fsp3) is 0.417. The molecule has 0 spiro atoms. The van der Waals surface area contributed by atoms with E-state index in [-0.39, 0.29) is 18.5 Å². The van der Waals surface area contributed by atoms with E-state index in [0.29, 0.717) is 10.7 Å². The lowest BCUT2D eigenvalue weighted by Gasteiger charge is -2.25. The van der Waals surface area contributed by atoms with Crippen LogP contribution < -0.4 is 5.73 Å². The number of hydrogen-bond acceptors (Lipinski definition) is 3. The Morgan fingerprint density at radius 1 is 1.53 bits per heavy atom. The van der Waals surface area contributed by atoms with Gasteiger partial charge in [-0.2, -0.15) is 0 Å². The van der Waals surface area contributed by atoms with E-state index in [9.17, 15) is 4.79 Å². The van der Waals surface area contributed by atoms with E-state index in [1.54, 1.807) is 11.0 Å². The van der Waals surface area contributed by atoms with Crippen molar-refractivity contribution in [2.45, 2.75) is 26.8 Å². The molecule has 1 heterocycles. The van der Waals surface area contributed by atoms with Crippen molar-refractivity contribution < 1.29 is 4.79 Å². The summed E-state index contributed by atoms with van der Waals surface area (Å²) in [4.78, 5) is 18.4. The van der Waals surface area contributed by atoms with E-state index in [4.69, 9.17) is 18.0 Å². The Morgan fingerprint density at radius 2 is 2.18 bits per heavy atom. The molecule has 1 rings (SSSR count). The maximum Gasteiger partial charge on any atom is 0.273 e. The second kappa shape index (κ2) is 5.72. The van der Waals surface area contributed by atoms with Crippen LogP contribution in [0, 0.1) is 6.92 Å². The van der Waals surface area contributed by atoms with Gasteiger partial charge in [0.25, 0.3) is 5.91 Å². The van der Waals surface area contributed by atoms with Crippen LogP contribution in [-0.4, -0.2) is 33.4 Å². The zero-order valence-electron chi connectivity index (χ0n) is 10.3. The molecule has 0 aliphatic rings. The Morgan fingerprint density at radius 3 is 2.65 bits per heavy atom. The number of nitrogens with zero attached hydrogens (tertiary/aromatic N) is 2. The molecule has 0 aliphatic heterocycles. The quantitative estimate of drug-likeness (QED) is 0.824. The van der Waals surface area contributed by atoms with Crippen LogP contribution in [0.5, 0.6) is 0 Å². The molecule has 0 aromatic carbocycles. The lowest BCUT2D eigenvalue weighted by Crippen LogP contribution is -2.42. The van der Waals surface area contributed by atoms with E-state index in [0.717, 1.165) is 5.69 Å². The molecule has 0 fully saturated rings. The minimum atomic E-state index is -0.142. The van der Waals surface area contributed by atoms with Crippen molar-refractivity contribution in [3.8, 4) is 0 Å². The van der Waals surface area contributed by atoms with Crippen molar-refractivity contribution in [3.05, 3.63) is 29.6 Å². The molecule has 0 atom stereocenters. The van der Waals surface area contributed by atoms with E-state index in [1.807, 2.05) is 32.9 Å². The number of hydrogen-bond donors (Lipinski definition) is 1. The molecule has 92 valence electrons. The molecule has 5 heteroatoms. The number of amides is 1. The Bertz CT molecular complexity index is 432. The smallest absolute Gasteiger partial charge is 0.273 e. The fourth-order valence-corrected chi connectivity index (χ4v) is 1.61. The SMILES string of the molecule is Cc1cccc(C(=O)N(CC(N)=S)C(C)C)n1. The maximum absolute atomic E-state index is 12.2. The van der Waals surface area contributed by atoms with Crippen molar-refractivity contribution in [1.82, 2.24) is 9.88 Å². The number of aryl methyl sites for hydroxylation is 1. The Balaban J connectivity index is 2.95. The van der Waals surface area contributed by atoms with Crippen LogP contribution in [-0.2, 0) is 0 Å². The second-order valence-electron chi connectivity index (χ2n) is 4.16. The molecule has 0 saturated carbocycles. The largest absolute Gasteiger partial charge is 0.392 e. The van der Waals surface area contributed by atoms with Crippen molar-refractivity contribution in [2.24, 2.45) is 5.73 Å². The van der Waals surface area contributed by atoms with E-state index >= 15 is 0 Å². The van der Waals surface area contributed by atoms with Gasteiger partial charge >= 0.3 is 0 Å². The average molecular weight is 251 g/mol. The summed E-state index contributed by atoms with van der Waals surface area (Å²) in [7, 11) is 0. The Labute approximate surface area is 107 Å². The van der Waals surface area contributed by atoms with Crippen LogP contribution in [0.1, 0.15) is 30.0 Å².